The van der Waals surface area contributed by atoms with Gasteiger partial charge in [0.1, 0.15) is 5.76 Å². The molecule has 19 heavy (non-hydrogen) atoms. The Morgan fingerprint density at radius 2 is 2.21 bits per heavy atom. The Kier molecular flexibility index (Phi) is 4.72. The van der Waals surface area contributed by atoms with Crippen LogP contribution in [0.4, 0.5) is 11.8 Å². The topological polar surface area (TPSA) is 75.9 Å². The summed E-state index contributed by atoms with van der Waals surface area (Å²) >= 11 is 0. The van der Waals surface area contributed by atoms with Gasteiger partial charge in [-0.2, -0.15) is 10.1 Å². The molecule has 0 unspecified atom stereocenters. The number of rotatable bonds is 7. The summed E-state index contributed by atoms with van der Waals surface area (Å²) in [6, 6.07) is 3.76. The van der Waals surface area contributed by atoms with Gasteiger partial charge in [0.05, 0.1) is 19.0 Å². The van der Waals surface area contributed by atoms with Crippen molar-refractivity contribution in [1.29, 1.82) is 0 Å². The van der Waals surface area contributed by atoms with E-state index in [1.54, 1.807) is 12.5 Å². The predicted molar refractivity (Wildman–Crippen MR) is 73.8 cm³/mol. The molecular formula is C13H19N5O. The Balaban J connectivity index is 1.84. The number of nitrogens with one attached hydrogen (secondary N) is 2. The largest absolute Gasteiger partial charge is 0.467 e. The summed E-state index contributed by atoms with van der Waals surface area (Å²) in [5, 5.41) is 14.2. The molecule has 102 valence electrons. The first kappa shape index (κ1) is 13.3. The normalized spacial score (nSPS) is 10.7. The van der Waals surface area contributed by atoms with Crippen molar-refractivity contribution in [2.75, 3.05) is 17.2 Å². The molecule has 6 nitrogen and oxygen atoms in total. The van der Waals surface area contributed by atoms with Crippen LogP contribution >= 0.6 is 0 Å². The summed E-state index contributed by atoms with van der Waals surface area (Å²) in [6.07, 6.45) is 4.32. The first-order valence-corrected chi connectivity index (χ1v) is 6.44. The smallest absolute Gasteiger partial charge is 0.244 e. The molecule has 0 aliphatic heterocycles. The lowest BCUT2D eigenvalue weighted by atomic mass is 10.1. The molecule has 6 heteroatoms. The van der Waals surface area contributed by atoms with E-state index in [9.17, 15) is 0 Å². The maximum absolute atomic E-state index is 5.23. The quantitative estimate of drug-likeness (QED) is 0.797. The summed E-state index contributed by atoms with van der Waals surface area (Å²) < 4.78 is 5.23. The number of anilines is 2. The van der Waals surface area contributed by atoms with E-state index in [1.807, 2.05) is 12.1 Å². The molecule has 0 aliphatic rings. The molecule has 0 aliphatic carbocycles. The van der Waals surface area contributed by atoms with Crippen LogP contribution in [0, 0.1) is 5.92 Å². The lowest BCUT2D eigenvalue weighted by Crippen LogP contribution is -2.10. The molecule has 0 bridgehead atoms. The van der Waals surface area contributed by atoms with Gasteiger partial charge in [0.25, 0.3) is 0 Å². The fraction of sp³-hybridized carbons (Fsp3) is 0.462. The highest BCUT2D eigenvalue weighted by atomic mass is 16.3. The maximum Gasteiger partial charge on any atom is 0.244 e. The highest BCUT2D eigenvalue weighted by Crippen LogP contribution is 2.07. The molecule has 0 saturated heterocycles. The number of furan rings is 1. The second kappa shape index (κ2) is 6.72. The molecule has 2 rings (SSSR count). The third kappa shape index (κ3) is 4.57. The van der Waals surface area contributed by atoms with Crippen molar-refractivity contribution in [1.82, 2.24) is 15.2 Å². The molecule has 0 amide bonds. The summed E-state index contributed by atoms with van der Waals surface area (Å²) in [5.74, 6) is 2.73. The van der Waals surface area contributed by atoms with Crippen molar-refractivity contribution in [2.45, 2.75) is 26.8 Å². The van der Waals surface area contributed by atoms with Crippen molar-refractivity contribution < 1.29 is 4.42 Å². The summed E-state index contributed by atoms with van der Waals surface area (Å²) in [6.45, 7) is 5.79. The van der Waals surface area contributed by atoms with E-state index in [-0.39, 0.29) is 0 Å². The van der Waals surface area contributed by atoms with Crippen molar-refractivity contribution in [2.24, 2.45) is 5.92 Å². The molecule has 2 heterocycles. The zero-order valence-corrected chi connectivity index (χ0v) is 11.3. The monoisotopic (exact) mass is 261 g/mol. The molecule has 2 aromatic heterocycles. The first-order chi connectivity index (χ1) is 9.24. The van der Waals surface area contributed by atoms with Crippen LogP contribution in [0.3, 0.4) is 0 Å². The van der Waals surface area contributed by atoms with Crippen LogP contribution in [0.5, 0.6) is 0 Å². The Bertz CT molecular complexity index is 484. The highest BCUT2D eigenvalue weighted by molar-refractivity contribution is 5.37. The average Bonchev–Trinajstić information content (AvgIpc) is 2.89. The molecular weight excluding hydrogens is 242 g/mol. The van der Waals surface area contributed by atoms with Crippen LogP contribution in [0.15, 0.2) is 29.0 Å². The van der Waals surface area contributed by atoms with Crippen molar-refractivity contribution in [3.05, 3.63) is 30.4 Å². The van der Waals surface area contributed by atoms with Gasteiger partial charge in [0, 0.05) is 6.54 Å². The molecule has 0 radical (unpaired) electrons. The van der Waals surface area contributed by atoms with E-state index in [4.69, 9.17) is 4.42 Å². The minimum atomic E-state index is 0.546. The van der Waals surface area contributed by atoms with Crippen molar-refractivity contribution >= 4 is 11.8 Å². The summed E-state index contributed by atoms with van der Waals surface area (Å²) in [7, 11) is 0. The standard InChI is InChI=1S/C13H19N5O/c1-10(2)5-6-14-13-17-12(9-16-18-13)15-8-11-4-3-7-19-11/h3-4,7,9-10H,5-6,8H2,1-2H3,(H2,14,15,17,18). The Hall–Kier alpha value is -2.11. The fourth-order valence-corrected chi connectivity index (χ4v) is 1.53. The fourth-order valence-electron chi connectivity index (χ4n) is 1.53. The van der Waals surface area contributed by atoms with Gasteiger partial charge in [0.2, 0.25) is 5.95 Å². The number of nitrogens with zero attached hydrogens (tertiary/aromatic N) is 3. The van der Waals surface area contributed by atoms with Crippen LogP contribution in [0.1, 0.15) is 26.0 Å². The van der Waals surface area contributed by atoms with Gasteiger partial charge < -0.3 is 15.1 Å². The van der Waals surface area contributed by atoms with Crippen molar-refractivity contribution in [3.63, 3.8) is 0 Å². The Morgan fingerprint density at radius 1 is 1.32 bits per heavy atom. The van der Waals surface area contributed by atoms with Gasteiger partial charge in [-0.05, 0) is 24.5 Å². The van der Waals surface area contributed by atoms with Gasteiger partial charge in [0.15, 0.2) is 5.82 Å². The zero-order chi connectivity index (χ0) is 13.5. The maximum atomic E-state index is 5.23. The van der Waals surface area contributed by atoms with E-state index in [1.165, 1.54) is 0 Å². The Labute approximate surface area is 112 Å². The molecule has 0 saturated carbocycles. The third-order valence-electron chi connectivity index (χ3n) is 2.59. The molecule has 0 spiro atoms. The third-order valence-corrected chi connectivity index (χ3v) is 2.59. The second-order valence-corrected chi connectivity index (χ2v) is 4.71. The highest BCUT2D eigenvalue weighted by Gasteiger charge is 2.02. The van der Waals surface area contributed by atoms with E-state index < -0.39 is 0 Å². The molecule has 0 fully saturated rings. The van der Waals surface area contributed by atoms with Crippen LogP contribution in [0.25, 0.3) is 0 Å². The number of aromatic nitrogens is 3. The van der Waals surface area contributed by atoms with Crippen LogP contribution in [-0.2, 0) is 6.54 Å². The lowest BCUT2D eigenvalue weighted by Gasteiger charge is -2.07. The average molecular weight is 261 g/mol. The minimum absolute atomic E-state index is 0.546. The van der Waals surface area contributed by atoms with Crippen LogP contribution < -0.4 is 10.6 Å². The molecule has 0 aromatic carbocycles. The second-order valence-electron chi connectivity index (χ2n) is 4.71. The molecule has 0 atom stereocenters. The zero-order valence-electron chi connectivity index (χ0n) is 11.3. The predicted octanol–water partition coefficient (Wildman–Crippen LogP) is 2.53. The van der Waals surface area contributed by atoms with Gasteiger partial charge in [-0.25, -0.2) is 0 Å². The number of hydrogen-bond acceptors (Lipinski definition) is 6. The SMILES string of the molecule is CC(C)CCNc1nncc(NCc2ccco2)n1. The number of hydrogen-bond donors (Lipinski definition) is 2. The van der Waals surface area contributed by atoms with Gasteiger partial charge >= 0.3 is 0 Å². The summed E-state index contributed by atoms with van der Waals surface area (Å²) in [5.41, 5.74) is 0. The van der Waals surface area contributed by atoms with Gasteiger partial charge in [-0.1, -0.05) is 13.8 Å². The Morgan fingerprint density at radius 3 is 2.95 bits per heavy atom. The van der Waals surface area contributed by atoms with Crippen LogP contribution in [-0.4, -0.2) is 21.7 Å². The van der Waals surface area contributed by atoms with Crippen molar-refractivity contribution in [3.8, 4) is 0 Å². The van der Waals surface area contributed by atoms with E-state index in [2.05, 4.69) is 39.7 Å². The van der Waals surface area contributed by atoms with E-state index in [0.717, 1.165) is 18.7 Å². The van der Waals surface area contributed by atoms with Gasteiger partial charge in [-0.15, -0.1) is 5.10 Å². The first-order valence-electron chi connectivity index (χ1n) is 6.44. The molecule has 2 N–H and O–H groups in total. The minimum Gasteiger partial charge on any atom is -0.467 e. The van der Waals surface area contributed by atoms with Gasteiger partial charge in [-0.3, -0.25) is 0 Å². The lowest BCUT2D eigenvalue weighted by molar-refractivity contribution is 0.517. The summed E-state index contributed by atoms with van der Waals surface area (Å²) in [4.78, 5) is 4.33. The van der Waals surface area contributed by atoms with E-state index in [0.29, 0.717) is 24.2 Å². The molecule has 2 aromatic rings. The van der Waals surface area contributed by atoms with Crippen LogP contribution in [0.2, 0.25) is 0 Å². The van der Waals surface area contributed by atoms with E-state index >= 15 is 0 Å².